The number of esters is 1. The summed E-state index contributed by atoms with van der Waals surface area (Å²) >= 11 is 0. The van der Waals surface area contributed by atoms with Crippen molar-refractivity contribution in [2.24, 2.45) is 0 Å². The molecular formula is C16H21N3O6S. The molecule has 0 heterocycles. The number of hydrogen-bond donors (Lipinski definition) is 3. The van der Waals surface area contributed by atoms with E-state index in [1.54, 1.807) is 12.1 Å². The Morgan fingerprint density at radius 1 is 1.19 bits per heavy atom. The Balaban J connectivity index is 2.50. The number of ether oxygens (including phenoxy) is 1. The molecule has 1 aromatic rings. The average molecular weight is 383 g/mol. The van der Waals surface area contributed by atoms with Crippen molar-refractivity contribution in [3.05, 3.63) is 40.8 Å². The quantitative estimate of drug-likeness (QED) is 0.580. The highest BCUT2D eigenvalue weighted by Crippen LogP contribution is 2.06. The second kappa shape index (κ2) is 9.68. The highest BCUT2D eigenvalue weighted by molar-refractivity contribution is 7.92. The molecule has 0 saturated carbocycles. The number of imide groups is 1. The number of benzene rings is 1. The van der Waals surface area contributed by atoms with Gasteiger partial charge in [-0.15, -0.1) is 0 Å². The van der Waals surface area contributed by atoms with Gasteiger partial charge in [-0.3, -0.25) is 14.9 Å². The van der Waals surface area contributed by atoms with Gasteiger partial charge in [0, 0.05) is 12.5 Å². The lowest BCUT2D eigenvalue weighted by Gasteiger charge is -2.12. The lowest BCUT2D eigenvalue weighted by molar-refractivity contribution is -0.153. The smallest absolute Gasteiger partial charge is 0.321 e. The van der Waals surface area contributed by atoms with Crippen LogP contribution < -0.4 is 15.4 Å². The van der Waals surface area contributed by atoms with E-state index >= 15 is 0 Å². The van der Waals surface area contributed by atoms with Crippen LogP contribution in [0.1, 0.15) is 18.1 Å². The van der Waals surface area contributed by atoms with Crippen LogP contribution in [0.3, 0.4) is 0 Å². The minimum Gasteiger partial charge on any atom is -0.452 e. The number of carbonyl (C=O) groups is 3. The molecule has 142 valence electrons. The third-order valence-electron chi connectivity index (χ3n) is 3.08. The zero-order valence-corrected chi connectivity index (χ0v) is 15.4. The maximum Gasteiger partial charge on any atom is 0.321 e. The van der Waals surface area contributed by atoms with Crippen LogP contribution in [0.15, 0.2) is 29.7 Å². The molecule has 0 fully saturated rings. The summed E-state index contributed by atoms with van der Waals surface area (Å²) in [6.07, 6.45) is 0.124. The molecule has 1 atom stereocenters. The van der Waals surface area contributed by atoms with E-state index in [1.807, 2.05) is 29.1 Å². The summed E-state index contributed by atoms with van der Waals surface area (Å²) in [6, 6.07) is 6.43. The van der Waals surface area contributed by atoms with Crippen molar-refractivity contribution in [1.29, 1.82) is 0 Å². The highest BCUT2D eigenvalue weighted by atomic mass is 32.2. The molecule has 0 bridgehead atoms. The Bertz CT molecular complexity index is 787. The molecule has 0 aliphatic rings. The molecule has 0 aliphatic heterocycles. The molecular weight excluding hydrogens is 362 g/mol. The Hall–Kier alpha value is -2.72. The fourth-order valence-corrected chi connectivity index (χ4v) is 2.37. The maximum atomic E-state index is 11.8. The van der Waals surface area contributed by atoms with Crippen molar-refractivity contribution < 1.29 is 27.5 Å². The summed E-state index contributed by atoms with van der Waals surface area (Å²) in [5.41, 5.74) is 1.73. The molecule has 0 unspecified atom stereocenters. The Kier molecular flexibility index (Phi) is 7.94. The third-order valence-corrected chi connectivity index (χ3v) is 4.12. The van der Waals surface area contributed by atoms with E-state index in [0.29, 0.717) is 5.56 Å². The summed E-state index contributed by atoms with van der Waals surface area (Å²) < 4.78 is 30.5. The molecule has 0 radical (unpaired) electrons. The number of aryl methyl sites for hydroxylation is 1. The maximum absolute atomic E-state index is 11.8. The lowest BCUT2D eigenvalue weighted by atomic mass is 10.2. The Labute approximate surface area is 151 Å². The van der Waals surface area contributed by atoms with E-state index < -0.39 is 40.6 Å². The molecule has 9 nitrogen and oxygen atoms in total. The van der Waals surface area contributed by atoms with Gasteiger partial charge in [-0.2, -0.15) is 0 Å². The molecule has 0 saturated heterocycles. The molecule has 3 amide bonds. The zero-order valence-electron chi connectivity index (χ0n) is 14.6. The minimum absolute atomic E-state index is 0.655. The largest absolute Gasteiger partial charge is 0.452 e. The third kappa shape index (κ3) is 7.90. The SMILES string of the molecule is CNC(=O)NC(=O)[C@H](C)OC(=O)CNS(=O)(=O)/C=C/c1ccc(C)cc1. The Morgan fingerprint density at radius 3 is 2.38 bits per heavy atom. The van der Waals surface area contributed by atoms with Crippen LogP contribution in [-0.2, 0) is 24.3 Å². The van der Waals surface area contributed by atoms with Gasteiger partial charge >= 0.3 is 12.0 Å². The van der Waals surface area contributed by atoms with Gasteiger partial charge < -0.3 is 10.1 Å². The fraction of sp³-hybridized carbons (Fsp3) is 0.312. The number of amides is 3. The van der Waals surface area contributed by atoms with Gasteiger partial charge in [0.25, 0.3) is 5.91 Å². The van der Waals surface area contributed by atoms with Gasteiger partial charge in [0.05, 0.1) is 0 Å². The second-order valence-electron chi connectivity index (χ2n) is 5.28. The standard InChI is InChI=1S/C16H21N3O6S/c1-11-4-6-13(7-5-11)8-9-26(23,24)18-10-14(20)25-12(2)15(21)19-16(22)17-3/h4-9,12,18H,10H2,1-3H3,(H2,17,19,21,22)/b9-8+/t12-/m0/s1. The summed E-state index contributed by atoms with van der Waals surface area (Å²) in [4.78, 5) is 34.1. The van der Waals surface area contributed by atoms with Crippen LogP contribution in [0.2, 0.25) is 0 Å². The average Bonchev–Trinajstić information content (AvgIpc) is 2.59. The number of urea groups is 1. The normalized spacial score (nSPS) is 12.4. The number of rotatable bonds is 7. The summed E-state index contributed by atoms with van der Waals surface area (Å²) in [7, 11) is -2.54. The molecule has 26 heavy (non-hydrogen) atoms. The molecule has 0 spiro atoms. The predicted molar refractivity (Wildman–Crippen MR) is 95.3 cm³/mol. The van der Waals surface area contributed by atoms with E-state index in [4.69, 9.17) is 4.74 Å². The van der Waals surface area contributed by atoms with Crippen LogP contribution in [0, 0.1) is 6.92 Å². The first-order valence-corrected chi connectivity index (χ1v) is 9.14. The van der Waals surface area contributed by atoms with Gasteiger partial charge in [-0.1, -0.05) is 29.8 Å². The topological polar surface area (TPSA) is 131 Å². The van der Waals surface area contributed by atoms with E-state index in [9.17, 15) is 22.8 Å². The van der Waals surface area contributed by atoms with Gasteiger partial charge in [0.1, 0.15) is 6.54 Å². The number of sulfonamides is 1. The van der Waals surface area contributed by atoms with Gasteiger partial charge in [0.15, 0.2) is 6.10 Å². The van der Waals surface area contributed by atoms with E-state index in [2.05, 4.69) is 5.32 Å². The van der Waals surface area contributed by atoms with Crippen molar-refractivity contribution in [1.82, 2.24) is 15.4 Å². The van der Waals surface area contributed by atoms with Crippen molar-refractivity contribution >= 4 is 34.0 Å². The monoisotopic (exact) mass is 383 g/mol. The van der Waals surface area contributed by atoms with Crippen LogP contribution in [0.5, 0.6) is 0 Å². The lowest BCUT2D eigenvalue weighted by Crippen LogP contribution is -2.44. The first-order chi connectivity index (χ1) is 12.1. The van der Waals surface area contributed by atoms with Crippen LogP contribution in [0.25, 0.3) is 6.08 Å². The van der Waals surface area contributed by atoms with E-state index in [-0.39, 0.29) is 0 Å². The Morgan fingerprint density at radius 2 is 1.81 bits per heavy atom. The number of hydrogen-bond acceptors (Lipinski definition) is 6. The van der Waals surface area contributed by atoms with Gasteiger partial charge in [-0.25, -0.2) is 17.9 Å². The van der Waals surface area contributed by atoms with E-state index in [0.717, 1.165) is 11.0 Å². The minimum atomic E-state index is -3.86. The van der Waals surface area contributed by atoms with Gasteiger partial charge in [0.2, 0.25) is 10.0 Å². The molecule has 0 aliphatic carbocycles. The highest BCUT2D eigenvalue weighted by Gasteiger charge is 2.20. The van der Waals surface area contributed by atoms with Crippen LogP contribution >= 0.6 is 0 Å². The first-order valence-electron chi connectivity index (χ1n) is 7.59. The number of carbonyl (C=O) groups excluding carboxylic acids is 3. The van der Waals surface area contributed by atoms with Crippen molar-refractivity contribution in [3.8, 4) is 0 Å². The molecule has 1 aromatic carbocycles. The van der Waals surface area contributed by atoms with Crippen LogP contribution in [-0.4, -0.2) is 46.0 Å². The molecule has 3 N–H and O–H groups in total. The van der Waals surface area contributed by atoms with Crippen molar-refractivity contribution in [2.45, 2.75) is 20.0 Å². The summed E-state index contributed by atoms with van der Waals surface area (Å²) in [5.74, 6) is -1.79. The fourth-order valence-electron chi connectivity index (χ4n) is 1.62. The number of nitrogens with one attached hydrogen (secondary N) is 3. The molecule has 0 aromatic heterocycles. The van der Waals surface area contributed by atoms with Crippen molar-refractivity contribution in [2.75, 3.05) is 13.6 Å². The molecule has 10 heteroatoms. The second-order valence-corrected chi connectivity index (χ2v) is 6.93. The zero-order chi connectivity index (χ0) is 19.7. The van der Waals surface area contributed by atoms with Crippen LogP contribution in [0.4, 0.5) is 4.79 Å². The molecule has 1 rings (SSSR count). The summed E-state index contributed by atoms with van der Waals surface area (Å²) in [5, 5.41) is 5.03. The van der Waals surface area contributed by atoms with Gasteiger partial charge in [-0.05, 0) is 25.5 Å². The van der Waals surface area contributed by atoms with Crippen molar-refractivity contribution in [3.63, 3.8) is 0 Å². The first kappa shape index (κ1) is 21.3. The summed E-state index contributed by atoms with van der Waals surface area (Å²) in [6.45, 7) is 2.51. The predicted octanol–water partition coefficient (Wildman–Crippen LogP) is 0.272. The van der Waals surface area contributed by atoms with E-state index in [1.165, 1.54) is 20.0 Å².